The van der Waals surface area contributed by atoms with Crippen molar-refractivity contribution >= 4 is 29.5 Å². The Morgan fingerprint density at radius 2 is 1.90 bits per heavy atom. The third kappa shape index (κ3) is 2.17. The van der Waals surface area contributed by atoms with Gasteiger partial charge in [-0.05, 0) is 13.8 Å². The predicted molar refractivity (Wildman–Crippen MR) is 75.1 cm³/mol. The molecule has 0 aromatic carbocycles. The first-order chi connectivity index (χ1) is 8.97. The molecule has 0 aromatic heterocycles. The van der Waals surface area contributed by atoms with E-state index in [9.17, 15) is 19.5 Å². The molecule has 2 N–H and O–H groups in total. The highest BCUT2D eigenvalue weighted by molar-refractivity contribution is 8.01. The number of hydrogen-bond donors (Lipinski definition) is 2. The summed E-state index contributed by atoms with van der Waals surface area (Å²) >= 11 is 1.43. The van der Waals surface area contributed by atoms with E-state index in [1.165, 1.54) is 16.7 Å². The lowest BCUT2D eigenvalue weighted by Gasteiger charge is -2.44. The van der Waals surface area contributed by atoms with Crippen LogP contribution in [0.5, 0.6) is 0 Å². The van der Waals surface area contributed by atoms with Crippen molar-refractivity contribution in [3.63, 3.8) is 0 Å². The van der Waals surface area contributed by atoms with Crippen LogP contribution in [0.15, 0.2) is 0 Å². The van der Waals surface area contributed by atoms with Crippen molar-refractivity contribution in [1.29, 1.82) is 0 Å². The second-order valence-electron chi connectivity index (χ2n) is 6.80. The van der Waals surface area contributed by atoms with Gasteiger partial charge in [-0.15, -0.1) is 11.8 Å². The lowest BCUT2D eigenvalue weighted by Crippen LogP contribution is -2.71. The molecule has 0 bridgehead atoms. The van der Waals surface area contributed by atoms with Gasteiger partial charge in [-0.2, -0.15) is 0 Å². The molecule has 7 heteroatoms. The summed E-state index contributed by atoms with van der Waals surface area (Å²) in [5, 5.41) is 11.7. The van der Waals surface area contributed by atoms with Gasteiger partial charge in [-0.1, -0.05) is 20.8 Å². The van der Waals surface area contributed by atoms with Gasteiger partial charge in [-0.3, -0.25) is 9.59 Å². The topological polar surface area (TPSA) is 86.7 Å². The first-order valence-corrected chi connectivity index (χ1v) is 7.38. The smallest absolute Gasteiger partial charge is 0.327 e. The Morgan fingerprint density at radius 1 is 1.35 bits per heavy atom. The van der Waals surface area contributed by atoms with Crippen molar-refractivity contribution in [3.8, 4) is 0 Å². The number of carboxylic acids is 1. The molecule has 2 rings (SSSR count). The number of amides is 2. The number of aliphatic carboxylic acids is 1. The fourth-order valence-electron chi connectivity index (χ4n) is 2.50. The monoisotopic (exact) mass is 300 g/mol. The van der Waals surface area contributed by atoms with Gasteiger partial charge in [0.15, 0.2) is 0 Å². The minimum absolute atomic E-state index is 0.201. The molecule has 0 unspecified atom stereocenters. The molecule has 0 spiro atoms. The molecule has 2 heterocycles. The van der Waals surface area contributed by atoms with E-state index < -0.39 is 28.2 Å². The summed E-state index contributed by atoms with van der Waals surface area (Å²) in [6.45, 7) is 8.94. The Labute approximate surface area is 122 Å². The van der Waals surface area contributed by atoms with Crippen LogP contribution in [0.1, 0.15) is 34.6 Å². The molecule has 2 fully saturated rings. The van der Waals surface area contributed by atoms with Crippen molar-refractivity contribution in [3.05, 3.63) is 0 Å². The average molecular weight is 300 g/mol. The first kappa shape index (κ1) is 15.2. The zero-order valence-electron chi connectivity index (χ0n) is 12.3. The maximum atomic E-state index is 12.1. The summed E-state index contributed by atoms with van der Waals surface area (Å²) in [5.74, 6) is -1.51. The molecule has 3 atom stereocenters. The minimum atomic E-state index is -1.00. The van der Waals surface area contributed by atoms with Crippen molar-refractivity contribution in [1.82, 2.24) is 10.2 Å². The van der Waals surface area contributed by atoms with Gasteiger partial charge >= 0.3 is 5.97 Å². The van der Waals surface area contributed by atoms with Crippen LogP contribution in [0, 0.1) is 5.41 Å². The molecule has 6 nitrogen and oxygen atoms in total. The molecule has 0 aliphatic carbocycles. The lowest BCUT2D eigenvalue weighted by atomic mass is 9.92. The number of carbonyl (C=O) groups is 3. The number of nitrogens with one attached hydrogen (secondary N) is 1. The third-order valence-electron chi connectivity index (χ3n) is 3.64. The van der Waals surface area contributed by atoms with Gasteiger partial charge in [0, 0.05) is 10.2 Å². The molecule has 112 valence electrons. The molecule has 2 aliphatic rings. The van der Waals surface area contributed by atoms with E-state index in [0.717, 1.165) is 0 Å². The number of hydrogen-bond acceptors (Lipinski definition) is 4. The third-order valence-corrected chi connectivity index (χ3v) is 5.21. The summed E-state index contributed by atoms with van der Waals surface area (Å²) in [6, 6.07) is -1.46. The van der Waals surface area contributed by atoms with E-state index in [-0.39, 0.29) is 17.2 Å². The van der Waals surface area contributed by atoms with E-state index in [1.807, 2.05) is 13.8 Å². The summed E-state index contributed by atoms with van der Waals surface area (Å²) in [7, 11) is 0. The highest BCUT2D eigenvalue weighted by Crippen LogP contribution is 2.50. The zero-order chi connectivity index (χ0) is 15.5. The summed E-state index contributed by atoms with van der Waals surface area (Å²) in [6.07, 6.45) is 0. The number of β-lactam (4-membered cyclic amide) rings is 1. The van der Waals surface area contributed by atoms with Crippen molar-refractivity contribution in [2.75, 3.05) is 0 Å². The van der Waals surface area contributed by atoms with E-state index >= 15 is 0 Å². The average Bonchev–Trinajstić information content (AvgIpc) is 2.53. The SMILES string of the molecule is CC(C)(C)C(=O)N[C@@H]1C(=O)N2[C@@H]1SC(C)(C)[C@@H]2C(=O)O. The van der Waals surface area contributed by atoms with Crippen LogP contribution in [0.25, 0.3) is 0 Å². The second kappa shape index (κ2) is 4.38. The lowest BCUT2D eigenvalue weighted by molar-refractivity contribution is -0.161. The highest BCUT2D eigenvalue weighted by atomic mass is 32.2. The number of nitrogens with zero attached hydrogens (tertiary/aromatic N) is 1. The van der Waals surface area contributed by atoms with Crippen LogP contribution in [-0.2, 0) is 14.4 Å². The normalized spacial score (nSPS) is 31.6. The van der Waals surface area contributed by atoms with Crippen LogP contribution in [0.4, 0.5) is 0 Å². The second-order valence-corrected chi connectivity index (χ2v) is 8.57. The summed E-state index contributed by atoms with van der Waals surface area (Å²) in [4.78, 5) is 36.8. The van der Waals surface area contributed by atoms with Crippen LogP contribution >= 0.6 is 11.8 Å². The highest BCUT2D eigenvalue weighted by Gasteiger charge is 2.64. The molecule has 2 saturated heterocycles. The summed E-state index contributed by atoms with van der Waals surface area (Å²) < 4.78 is -0.562. The van der Waals surface area contributed by atoms with Gasteiger partial charge in [0.05, 0.1) is 0 Å². The Kier molecular flexibility index (Phi) is 3.32. The van der Waals surface area contributed by atoms with Gasteiger partial charge in [0.1, 0.15) is 17.5 Å². The molecule has 0 saturated carbocycles. The largest absolute Gasteiger partial charge is 0.480 e. The Balaban J connectivity index is 2.15. The van der Waals surface area contributed by atoms with Crippen LogP contribution in [-0.4, -0.2) is 50.0 Å². The number of carbonyl (C=O) groups excluding carboxylic acids is 2. The maximum Gasteiger partial charge on any atom is 0.327 e. The zero-order valence-corrected chi connectivity index (χ0v) is 13.1. The Bertz CT molecular complexity index is 483. The number of thioether (sulfide) groups is 1. The van der Waals surface area contributed by atoms with Crippen molar-refractivity contribution < 1.29 is 19.5 Å². The van der Waals surface area contributed by atoms with E-state index in [4.69, 9.17) is 0 Å². The Hall–Kier alpha value is -1.24. The maximum absolute atomic E-state index is 12.1. The van der Waals surface area contributed by atoms with Crippen LogP contribution in [0.3, 0.4) is 0 Å². The first-order valence-electron chi connectivity index (χ1n) is 6.50. The van der Waals surface area contributed by atoms with Gasteiger partial charge in [0.2, 0.25) is 11.8 Å². The van der Waals surface area contributed by atoms with E-state index in [0.29, 0.717) is 0 Å². The van der Waals surface area contributed by atoms with Gasteiger partial charge < -0.3 is 15.3 Å². The van der Waals surface area contributed by atoms with E-state index in [1.54, 1.807) is 20.8 Å². The standard InChI is InChI=1S/C13H20N2O4S/c1-12(2,3)11(19)14-6-8(16)15-7(10(17)18)13(4,5)20-9(6)15/h6-7,9H,1-5H3,(H,14,19)(H,17,18)/t6-,7+,9-/m1/s1. The number of rotatable bonds is 2. The fraction of sp³-hybridized carbons (Fsp3) is 0.769. The predicted octanol–water partition coefficient (Wildman–Crippen LogP) is 0.664. The van der Waals surface area contributed by atoms with Gasteiger partial charge in [0.25, 0.3) is 0 Å². The quantitative estimate of drug-likeness (QED) is 0.732. The molecule has 20 heavy (non-hydrogen) atoms. The molecule has 2 aliphatic heterocycles. The van der Waals surface area contributed by atoms with Crippen molar-refractivity contribution in [2.45, 2.75) is 56.8 Å². The molecule has 0 radical (unpaired) electrons. The van der Waals surface area contributed by atoms with E-state index in [2.05, 4.69) is 5.32 Å². The number of carboxylic acid groups (broad SMARTS) is 1. The van der Waals surface area contributed by atoms with Crippen LogP contribution < -0.4 is 5.32 Å². The summed E-state index contributed by atoms with van der Waals surface area (Å²) in [5.41, 5.74) is -0.578. The molecular formula is C13H20N2O4S. The van der Waals surface area contributed by atoms with Crippen LogP contribution in [0.2, 0.25) is 0 Å². The molecular weight excluding hydrogens is 280 g/mol. The Morgan fingerprint density at radius 3 is 2.35 bits per heavy atom. The fourth-order valence-corrected chi connectivity index (χ4v) is 4.13. The molecule has 0 aromatic rings. The minimum Gasteiger partial charge on any atom is -0.480 e. The number of fused-ring (bicyclic) bond motifs is 1. The van der Waals surface area contributed by atoms with Gasteiger partial charge in [-0.25, -0.2) is 4.79 Å². The van der Waals surface area contributed by atoms with Crippen molar-refractivity contribution in [2.24, 2.45) is 5.41 Å². The molecule has 2 amide bonds.